The van der Waals surface area contributed by atoms with E-state index in [2.05, 4.69) is 0 Å². The third kappa shape index (κ3) is 2.74. The minimum atomic E-state index is -3.46. The van der Waals surface area contributed by atoms with E-state index >= 15 is 0 Å². The Hall–Kier alpha value is -1.07. The van der Waals surface area contributed by atoms with Gasteiger partial charge in [0.25, 0.3) is 0 Å². The number of rotatable bonds is 4. The van der Waals surface area contributed by atoms with Gasteiger partial charge in [-0.25, -0.2) is 12.7 Å². The summed E-state index contributed by atoms with van der Waals surface area (Å²) in [7, 11) is -1.89. The molecule has 4 nitrogen and oxygen atoms in total. The van der Waals surface area contributed by atoms with Gasteiger partial charge < -0.3 is 5.73 Å². The largest absolute Gasteiger partial charge is 0.398 e. The summed E-state index contributed by atoms with van der Waals surface area (Å²) in [4.78, 5) is 0.179. The second kappa shape index (κ2) is 4.84. The van der Waals surface area contributed by atoms with Crippen molar-refractivity contribution in [1.82, 2.24) is 4.31 Å². The number of nitrogens with two attached hydrogens (primary N) is 1. The monoisotopic (exact) mass is 242 g/mol. The van der Waals surface area contributed by atoms with Gasteiger partial charge in [0.1, 0.15) is 4.90 Å². The minimum absolute atomic E-state index is 0.179. The van der Waals surface area contributed by atoms with Crippen LogP contribution in [0.2, 0.25) is 0 Å². The van der Waals surface area contributed by atoms with Crippen molar-refractivity contribution >= 4 is 15.7 Å². The van der Waals surface area contributed by atoms with Gasteiger partial charge in [0.05, 0.1) is 5.69 Å². The van der Waals surface area contributed by atoms with Crippen molar-refractivity contribution < 1.29 is 8.42 Å². The molecule has 0 aliphatic rings. The summed E-state index contributed by atoms with van der Waals surface area (Å²) in [5.41, 5.74) is 5.96. The van der Waals surface area contributed by atoms with Crippen LogP contribution in [0.3, 0.4) is 0 Å². The van der Waals surface area contributed by atoms with Crippen LogP contribution in [0.25, 0.3) is 0 Å². The van der Waals surface area contributed by atoms with Crippen molar-refractivity contribution in [3.63, 3.8) is 0 Å². The normalized spacial score (nSPS) is 12.3. The average Bonchev–Trinajstić information content (AvgIpc) is 2.16. The Labute approximate surface area is 97.1 Å². The Bertz CT molecular complexity index is 455. The molecule has 0 atom stereocenters. The molecule has 16 heavy (non-hydrogen) atoms. The first-order chi connectivity index (χ1) is 7.35. The molecule has 0 amide bonds. The standard InChI is InChI=1S/C11H18N2O2S/c1-9(2)8-13(3)16(14,15)11-7-5-4-6-10(11)12/h4-7,9H,8,12H2,1-3H3. The van der Waals surface area contributed by atoms with Crippen LogP contribution >= 0.6 is 0 Å². The van der Waals surface area contributed by atoms with Gasteiger partial charge in [0.2, 0.25) is 10.0 Å². The Kier molecular flexibility index (Phi) is 3.93. The number of nitrogens with zero attached hydrogens (tertiary/aromatic N) is 1. The molecule has 0 spiro atoms. The summed E-state index contributed by atoms with van der Waals surface area (Å²) in [6.45, 7) is 4.43. The molecule has 0 fully saturated rings. The maximum Gasteiger partial charge on any atom is 0.244 e. The van der Waals surface area contributed by atoms with Crippen LogP contribution in [0.5, 0.6) is 0 Å². The van der Waals surface area contributed by atoms with Gasteiger partial charge in [-0.2, -0.15) is 0 Å². The van der Waals surface area contributed by atoms with Crippen LogP contribution in [-0.2, 0) is 10.0 Å². The number of para-hydroxylation sites is 1. The van der Waals surface area contributed by atoms with Crippen molar-refractivity contribution in [2.24, 2.45) is 5.92 Å². The Balaban J connectivity index is 3.08. The van der Waals surface area contributed by atoms with Crippen LogP contribution < -0.4 is 5.73 Å². The first-order valence-electron chi connectivity index (χ1n) is 5.16. The molecular weight excluding hydrogens is 224 g/mol. The highest BCUT2D eigenvalue weighted by atomic mass is 32.2. The van der Waals surface area contributed by atoms with Gasteiger partial charge >= 0.3 is 0 Å². The van der Waals surface area contributed by atoms with Crippen LogP contribution in [0.1, 0.15) is 13.8 Å². The zero-order chi connectivity index (χ0) is 12.3. The quantitative estimate of drug-likeness (QED) is 0.815. The molecule has 0 heterocycles. The van der Waals surface area contributed by atoms with Gasteiger partial charge in [-0.1, -0.05) is 26.0 Å². The second-order valence-corrected chi connectivity index (χ2v) is 6.23. The zero-order valence-electron chi connectivity index (χ0n) is 9.84. The lowest BCUT2D eigenvalue weighted by molar-refractivity contribution is 0.417. The molecule has 0 aliphatic heterocycles. The van der Waals surface area contributed by atoms with Crippen LogP contribution in [0.15, 0.2) is 29.2 Å². The molecule has 1 aromatic carbocycles. The Morgan fingerprint density at radius 3 is 2.38 bits per heavy atom. The van der Waals surface area contributed by atoms with Gasteiger partial charge in [0.15, 0.2) is 0 Å². The molecule has 0 radical (unpaired) electrons. The van der Waals surface area contributed by atoms with Crippen LogP contribution in [-0.4, -0.2) is 26.3 Å². The number of benzene rings is 1. The fraction of sp³-hybridized carbons (Fsp3) is 0.455. The lowest BCUT2D eigenvalue weighted by atomic mass is 10.2. The number of hydrogen-bond donors (Lipinski definition) is 1. The number of anilines is 1. The smallest absolute Gasteiger partial charge is 0.244 e. The predicted molar refractivity (Wildman–Crippen MR) is 65.5 cm³/mol. The van der Waals surface area contributed by atoms with E-state index in [0.717, 1.165) is 0 Å². The summed E-state index contributed by atoms with van der Waals surface area (Å²) in [5.74, 6) is 0.282. The van der Waals surface area contributed by atoms with E-state index in [4.69, 9.17) is 5.73 Å². The van der Waals surface area contributed by atoms with E-state index in [1.165, 1.54) is 10.4 Å². The van der Waals surface area contributed by atoms with Gasteiger partial charge in [-0.15, -0.1) is 0 Å². The lowest BCUT2D eigenvalue weighted by Crippen LogP contribution is -2.30. The first-order valence-corrected chi connectivity index (χ1v) is 6.60. The maximum absolute atomic E-state index is 12.1. The molecule has 2 N–H and O–H groups in total. The van der Waals surface area contributed by atoms with Gasteiger partial charge in [-0.3, -0.25) is 0 Å². The molecule has 0 saturated carbocycles. The number of hydrogen-bond acceptors (Lipinski definition) is 3. The van der Waals surface area contributed by atoms with E-state index in [0.29, 0.717) is 6.54 Å². The highest BCUT2D eigenvalue weighted by Gasteiger charge is 2.23. The number of sulfonamides is 1. The third-order valence-electron chi connectivity index (χ3n) is 2.23. The molecule has 1 rings (SSSR count). The van der Waals surface area contributed by atoms with E-state index in [9.17, 15) is 8.42 Å². The molecular formula is C11H18N2O2S. The van der Waals surface area contributed by atoms with Crippen molar-refractivity contribution in [3.05, 3.63) is 24.3 Å². The number of nitrogen functional groups attached to an aromatic ring is 1. The lowest BCUT2D eigenvalue weighted by Gasteiger charge is -2.19. The summed E-state index contributed by atoms with van der Waals surface area (Å²) in [5, 5.41) is 0. The third-order valence-corrected chi connectivity index (χ3v) is 4.13. The molecule has 0 aromatic heterocycles. The van der Waals surface area contributed by atoms with Gasteiger partial charge in [-0.05, 0) is 18.1 Å². The molecule has 0 bridgehead atoms. The Morgan fingerprint density at radius 2 is 1.88 bits per heavy atom. The molecule has 1 aromatic rings. The van der Waals surface area contributed by atoms with Crippen LogP contribution in [0.4, 0.5) is 5.69 Å². The topological polar surface area (TPSA) is 63.4 Å². The second-order valence-electron chi connectivity index (χ2n) is 4.22. The highest BCUT2D eigenvalue weighted by molar-refractivity contribution is 7.89. The van der Waals surface area contributed by atoms with E-state index < -0.39 is 10.0 Å². The van der Waals surface area contributed by atoms with Crippen molar-refractivity contribution in [2.75, 3.05) is 19.3 Å². The predicted octanol–water partition coefficient (Wildman–Crippen LogP) is 1.55. The average molecular weight is 242 g/mol. The molecule has 0 aliphatic carbocycles. The van der Waals surface area contributed by atoms with Crippen molar-refractivity contribution in [3.8, 4) is 0 Å². The molecule has 0 unspecified atom stereocenters. The summed E-state index contributed by atoms with van der Waals surface area (Å²) in [6.07, 6.45) is 0. The van der Waals surface area contributed by atoms with Gasteiger partial charge in [0, 0.05) is 13.6 Å². The first kappa shape index (κ1) is 13.0. The zero-order valence-corrected chi connectivity index (χ0v) is 10.7. The molecule has 90 valence electrons. The van der Waals surface area contributed by atoms with E-state index in [-0.39, 0.29) is 16.5 Å². The van der Waals surface area contributed by atoms with Crippen molar-refractivity contribution in [1.29, 1.82) is 0 Å². The molecule has 0 saturated heterocycles. The summed E-state index contributed by atoms with van der Waals surface area (Å²) in [6, 6.07) is 6.51. The maximum atomic E-state index is 12.1. The van der Waals surface area contributed by atoms with Crippen molar-refractivity contribution in [2.45, 2.75) is 18.7 Å². The minimum Gasteiger partial charge on any atom is -0.398 e. The fourth-order valence-corrected chi connectivity index (χ4v) is 2.94. The van der Waals surface area contributed by atoms with Crippen LogP contribution in [0, 0.1) is 5.92 Å². The Morgan fingerprint density at radius 1 is 1.31 bits per heavy atom. The molecule has 5 heteroatoms. The summed E-state index contributed by atoms with van der Waals surface area (Å²) >= 11 is 0. The SMILES string of the molecule is CC(C)CN(C)S(=O)(=O)c1ccccc1N. The summed E-state index contributed by atoms with van der Waals surface area (Å²) < 4.78 is 25.6. The van der Waals surface area contributed by atoms with E-state index in [1.54, 1.807) is 25.2 Å². The van der Waals surface area contributed by atoms with E-state index in [1.807, 2.05) is 13.8 Å². The highest BCUT2D eigenvalue weighted by Crippen LogP contribution is 2.21. The fourth-order valence-electron chi connectivity index (χ4n) is 1.50.